The van der Waals surface area contributed by atoms with Crippen molar-refractivity contribution in [3.8, 4) is 0 Å². The van der Waals surface area contributed by atoms with Gasteiger partial charge in [-0.3, -0.25) is 0 Å². The molecular weight excluding hydrogens is 205 g/mol. The molecule has 16 heavy (non-hydrogen) atoms. The summed E-state index contributed by atoms with van der Waals surface area (Å²) >= 11 is 0. The Hall–Kier alpha value is -0.930. The van der Waals surface area contributed by atoms with Crippen molar-refractivity contribution < 1.29 is 9.50 Å². The van der Waals surface area contributed by atoms with Crippen LogP contribution >= 0.6 is 0 Å². The molecule has 0 aliphatic carbocycles. The summed E-state index contributed by atoms with van der Waals surface area (Å²) in [7, 11) is 0. The van der Waals surface area contributed by atoms with E-state index < -0.39 is 5.60 Å². The fraction of sp³-hybridized carbons (Fsp3) is 0.538. The number of halogens is 1. The van der Waals surface area contributed by atoms with Gasteiger partial charge in [-0.25, -0.2) is 4.39 Å². The Morgan fingerprint density at radius 1 is 1.31 bits per heavy atom. The molecule has 3 heteroatoms. The molecule has 1 unspecified atom stereocenters. The molecule has 0 saturated carbocycles. The Balaban J connectivity index is 2.48. The first kappa shape index (κ1) is 13.1. The first-order chi connectivity index (χ1) is 7.53. The van der Waals surface area contributed by atoms with E-state index in [1.54, 1.807) is 19.1 Å². The molecule has 2 N–H and O–H groups in total. The molecule has 0 amide bonds. The van der Waals surface area contributed by atoms with E-state index in [9.17, 15) is 9.50 Å². The first-order valence-corrected chi connectivity index (χ1v) is 5.71. The molecule has 0 aliphatic rings. The molecule has 90 valence electrons. The third kappa shape index (κ3) is 4.73. The van der Waals surface area contributed by atoms with Crippen molar-refractivity contribution in [1.29, 1.82) is 0 Å². The Morgan fingerprint density at radius 3 is 2.50 bits per heavy atom. The monoisotopic (exact) mass is 225 g/mol. The van der Waals surface area contributed by atoms with E-state index in [1.807, 2.05) is 0 Å². The van der Waals surface area contributed by atoms with Crippen molar-refractivity contribution in [2.24, 2.45) is 0 Å². The number of hydrogen-bond donors (Lipinski definition) is 2. The van der Waals surface area contributed by atoms with Crippen LogP contribution in [0, 0.1) is 5.82 Å². The lowest BCUT2D eigenvalue weighted by Gasteiger charge is -2.23. The molecule has 1 aromatic carbocycles. The molecule has 0 fully saturated rings. The maximum atomic E-state index is 12.7. The second-order valence-corrected chi connectivity index (χ2v) is 4.48. The topological polar surface area (TPSA) is 32.3 Å². The largest absolute Gasteiger partial charge is 0.389 e. The zero-order valence-electron chi connectivity index (χ0n) is 9.96. The summed E-state index contributed by atoms with van der Waals surface area (Å²) in [4.78, 5) is 0. The number of benzene rings is 1. The average molecular weight is 225 g/mol. The molecule has 0 bridgehead atoms. The second-order valence-electron chi connectivity index (χ2n) is 4.48. The zero-order chi connectivity index (χ0) is 12.0. The normalized spacial score (nSPS) is 14.8. The van der Waals surface area contributed by atoms with Crippen LogP contribution in [-0.2, 0) is 6.42 Å². The zero-order valence-corrected chi connectivity index (χ0v) is 9.96. The molecule has 1 aromatic rings. The van der Waals surface area contributed by atoms with E-state index in [-0.39, 0.29) is 5.82 Å². The number of aliphatic hydroxyl groups is 1. The molecular formula is C13H20FNO. The van der Waals surface area contributed by atoms with Gasteiger partial charge in [-0.1, -0.05) is 19.1 Å². The summed E-state index contributed by atoms with van der Waals surface area (Å²) in [6, 6.07) is 6.27. The van der Waals surface area contributed by atoms with Crippen LogP contribution in [0.4, 0.5) is 4.39 Å². The quantitative estimate of drug-likeness (QED) is 0.727. The number of nitrogens with one attached hydrogen (secondary N) is 1. The smallest absolute Gasteiger partial charge is 0.123 e. The summed E-state index contributed by atoms with van der Waals surface area (Å²) in [5.74, 6) is -0.243. The van der Waals surface area contributed by atoms with E-state index in [0.717, 1.165) is 18.5 Å². The fourth-order valence-electron chi connectivity index (χ4n) is 1.64. The van der Waals surface area contributed by atoms with Gasteiger partial charge in [0.1, 0.15) is 5.82 Å². The van der Waals surface area contributed by atoms with Gasteiger partial charge in [0.25, 0.3) is 0 Å². The molecule has 0 radical (unpaired) electrons. The lowest BCUT2D eigenvalue weighted by Crippen LogP contribution is -2.39. The van der Waals surface area contributed by atoms with Crippen molar-refractivity contribution in [1.82, 2.24) is 5.32 Å². The van der Waals surface area contributed by atoms with Crippen LogP contribution in [0.2, 0.25) is 0 Å². The van der Waals surface area contributed by atoms with Crippen molar-refractivity contribution in [3.05, 3.63) is 35.6 Å². The van der Waals surface area contributed by atoms with E-state index in [0.29, 0.717) is 13.0 Å². The van der Waals surface area contributed by atoms with E-state index in [1.165, 1.54) is 12.1 Å². The minimum Gasteiger partial charge on any atom is -0.389 e. The van der Waals surface area contributed by atoms with Crippen LogP contribution in [0.3, 0.4) is 0 Å². The highest BCUT2D eigenvalue weighted by Gasteiger charge is 2.20. The van der Waals surface area contributed by atoms with Gasteiger partial charge in [0.05, 0.1) is 5.60 Å². The summed E-state index contributed by atoms with van der Waals surface area (Å²) < 4.78 is 12.7. The molecule has 1 rings (SSSR count). The van der Waals surface area contributed by atoms with Gasteiger partial charge in [0.2, 0.25) is 0 Å². The summed E-state index contributed by atoms with van der Waals surface area (Å²) in [5.41, 5.74) is 0.164. The highest BCUT2D eigenvalue weighted by Crippen LogP contribution is 2.13. The third-order valence-corrected chi connectivity index (χ3v) is 2.43. The summed E-state index contributed by atoms with van der Waals surface area (Å²) in [5, 5.41) is 13.3. The molecule has 1 atom stereocenters. The minimum absolute atomic E-state index is 0.243. The van der Waals surface area contributed by atoms with Gasteiger partial charge >= 0.3 is 0 Å². The van der Waals surface area contributed by atoms with Gasteiger partial charge in [-0.2, -0.15) is 0 Å². The number of rotatable bonds is 6. The SMILES string of the molecule is CCCNCC(C)(O)Cc1ccc(F)cc1. The third-order valence-electron chi connectivity index (χ3n) is 2.43. The van der Waals surface area contributed by atoms with Gasteiger partial charge < -0.3 is 10.4 Å². The second kappa shape index (κ2) is 5.97. The van der Waals surface area contributed by atoms with E-state index >= 15 is 0 Å². The summed E-state index contributed by atoms with van der Waals surface area (Å²) in [6.07, 6.45) is 1.58. The first-order valence-electron chi connectivity index (χ1n) is 5.71. The Kier molecular flexibility index (Phi) is 4.90. The molecule has 0 spiro atoms. The highest BCUT2D eigenvalue weighted by molar-refractivity contribution is 5.18. The predicted molar refractivity (Wildman–Crippen MR) is 63.9 cm³/mol. The van der Waals surface area contributed by atoms with Crippen LogP contribution in [0.25, 0.3) is 0 Å². The Morgan fingerprint density at radius 2 is 1.94 bits per heavy atom. The molecule has 0 aliphatic heterocycles. The van der Waals surface area contributed by atoms with Gasteiger partial charge in [-0.05, 0) is 37.6 Å². The van der Waals surface area contributed by atoms with Crippen molar-refractivity contribution in [3.63, 3.8) is 0 Å². The van der Waals surface area contributed by atoms with Crippen LogP contribution in [0.15, 0.2) is 24.3 Å². The van der Waals surface area contributed by atoms with Gasteiger partial charge in [0.15, 0.2) is 0 Å². The van der Waals surface area contributed by atoms with Gasteiger partial charge in [0, 0.05) is 13.0 Å². The van der Waals surface area contributed by atoms with Gasteiger partial charge in [-0.15, -0.1) is 0 Å². The predicted octanol–water partition coefficient (Wildman–Crippen LogP) is 2.12. The minimum atomic E-state index is -0.785. The lowest BCUT2D eigenvalue weighted by molar-refractivity contribution is 0.0603. The molecule has 0 saturated heterocycles. The molecule has 0 heterocycles. The molecule has 2 nitrogen and oxygen atoms in total. The Bertz CT molecular complexity index is 308. The molecule has 0 aromatic heterocycles. The maximum absolute atomic E-state index is 12.7. The van der Waals surface area contributed by atoms with Crippen molar-refractivity contribution in [2.45, 2.75) is 32.3 Å². The summed E-state index contributed by atoms with van der Waals surface area (Å²) in [6.45, 7) is 5.33. The van der Waals surface area contributed by atoms with Crippen LogP contribution in [0.1, 0.15) is 25.8 Å². The van der Waals surface area contributed by atoms with E-state index in [4.69, 9.17) is 0 Å². The van der Waals surface area contributed by atoms with Crippen LogP contribution in [0.5, 0.6) is 0 Å². The number of hydrogen-bond acceptors (Lipinski definition) is 2. The average Bonchev–Trinajstić information content (AvgIpc) is 2.21. The highest BCUT2D eigenvalue weighted by atomic mass is 19.1. The van der Waals surface area contributed by atoms with Crippen LogP contribution < -0.4 is 5.32 Å². The fourth-order valence-corrected chi connectivity index (χ4v) is 1.64. The van der Waals surface area contributed by atoms with Crippen molar-refractivity contribution >= 4 is 0 Å². The van der Waals surface area contributed by atoms with Crippen molar-refractivity contribution in [2.75, 3.05) is 13.1 Å². The maximum Gasteiger partial charge on any atom is 0.123 e. The van der Waals surface area contributed by atoms with E-state index in [2.05, 4.69) is 12.2 Å². The van der Waals surface area contributed by atoms with Crippen LogP contribution in [-0.4, -0.2) is 23.8 Å². The lowest BCUT2D eigenvalue weighted by atomic mass is 9.96. The standard InChI is InChI=1S/C13H20FNO/c1-3-8-15-10-13(2,16)9-11-4-6-12(14)7-5-11/h4-7,15-16H,3,8-10H2,1-2H3. The Labute approximate surface area is 96.5 Å².